The van der Waals surface area contributed by atoms with Crippen LogP contribution in [0.5, 0.6) is 5.75 Å². The molecule has 0 atom stereocenters. The van der Waals surface area contributed by atoms with Crippen LogP contribution in [0.15, 0.2) is 36.9 Å². The van der Waals surface area contributed by atoms with Gasteiger partial charge >= 0.3 is 0 Å². The molecule has 1 aromatic carbocycles. The minimum Gasteiger partial charge on any atom is -0.490 e. The van der Waals surface area contributed by atoms with Crippen LogP contribution in [0.2, 0.25) is 0 Å². The number of hydrogen-bond donors (Lipinski definition) is 0. The molecular weight excluding hydrogens is 365 g/mol. The monoisotopic (exact) mass is 381 g/mol. The number of halogens is 2. The Morgan fingerprint density at radius 2 is 2.05 bits per heavy atom. The molecule has 115 valence electrons. The standard InChI is InChI=1S/C16H16F2NO2.Y/c1-2-10-21-13-8-6-12(7-9-13)14-4-3-5-16(20)19(14)11-15(17)18;/h2,6-9,15H,1,3,5,10-11H2;/q-1;. The normalized spacial score (nSPS) is 14.4. The number of amides is 1. The van der Waals surface area contributed by atoms with Gasteiger partial charge in [0.2, 0.25) is 5.91 Å². The van der Waals surface area contributed by atoms with E-state index in [2.05, 4.69) is 12.7 Å². The molecule has 1 amide bonds. The van der Waals surface area contributed by atoms with Gasteiger partial charge in [0.15, 0.2) is 0 Å². The first-order valence-electron chi connectivity index (χ1n) is 6.65. The fourth-order valence-electron chi connectivity index (χ4n) is 2.10. The predicted molar refractivity (Wildman–Crippen MR) is 75.7 cm³/mol. The molecule has 0 fully saturated rings. The van der Waals surface area contributed by atoms with Gasteiger partial charge in [-0.2, -0.15) is 5.56 Å². The van der Waals surface area contributed by atoms with E-state index in [-0.39, 0.29) is 45.0 Å². The van der Waals surface area contributed by atoms with Gasteiger partial charge in [-0.1, -0.05) is 12.7 Å². The summed E-state index contributed by atoms with van der Waals surface area (Å²) in [5.41, 5.74) is 1.09. The number of hydrogen-bond acceptors (Lipinski definition) is 2. The van der Waals surface area contributed by atoms with E-state index in [1.165, 1.54) is 0 Å². The second-order valence-electron chi connectivity index (χ2n) is 4.54. The summed E-state index contributed by atoms with van der Waals surface area (Å²) in [5.74, 6) is 0.359. The summed E-state index contributed by atoms with van der Waals surface area (Å²) in [5, 5.41) is 0. The summed E-state index contributed by atoms with van der Waals surface area (Å²) >= 11 is 0. The van der Waals surface area contributed by atoms with Crippen LogP contribution in [0, 0.1) is 6.08 Å². The van der Waals surface area contributed by atoms with E-state index in [1.807, 2.05) is 0 Å². The molecule has 0 unspecified atom stereocenters. The Kier molecular flexibility index (Phi) is 7.90. The first-order valence-corrected chi connectivity index (χ1v) is 6.65. The van der Waals surface area contributed by atoms with Crippen molar-refractivity contribution in [2.75, 3.05) is 13.2 Å². The van der Waals surface area contributed by atoms with Crippen LogP contribution in [0.3, 0.4) is 0 Å². The van der Waals surface area contributed by atoms with E-state index in [4.69, 9.17) is 4.74 Å². The van der Waals surface area contributed by atoms with E-state index in [9.17, 15) is 13.6 Å². The summed E-state index contributed by atoms with van der Waals surface area (Å²) < 4.78 is 30.6. The van der Waals surface area contributed by atoms with Gasteiger partial charge in [-0.15, -0.1) is 24.3 Å². The molecule has 1 radical (unpaired) electrons. The van der Waals surface area contributed by atoms with Crippen LogP contribution >= 0.6 is 0 Å². The maximum absolute atomic E-state index is 12.6. The zero-order valence-electron chi connectivity index (χ0n) is 12.1. The number of alkyl halides is 2. The molecule has 2 rings (SSSR count). The predicted octanol–water partition coefficient (Wildman–Crippen LogP) is 3.28. The maximum atomic E-state index is 12.6. The van der Waals surface area contributed by atoms with Crippen molar-refractivity contribution < 1.29 is 51.0 Å². The largest absolute Gasteiger partial charge is 0.490 e. The molecule has 1 heterocycles. The van der Waals surface area contributed by atoms with Gasteiger partial charge in [0, 0.05) is 39.1 Å². The Morgan fingerprint density at radius 1 is 1.36 bits per heavy atom. The van der Waals surface area contributed by atoms with Crippen LogP contribution in [-0.4, -0.2) is 30.4 Å². The maximum Gasteiger partial charge on any atom is 0.256 e. The molecule has 1 aromatic rings. The summed E-state index contributed by atoms with van der Waals surface area (Å²) in [6, 6.07) is 6.93. The molecule has 6 heteroatoms. The minimum absolute atomic E-state index is 0. The van der Waals surface area contributed by atoms with Crippen LogP contribution < -0.4 is 4.74 Å². The Morgan fingerprint density at radius 3 is 2.64 bits per heavy atom. The molecule has 0 saturated carbocycles. The molecule has 22 heavy (non-hydrogen) atoms. The molecule has 0 N–H and O–H groups in total. The smallest absolute Gasteiger partial charge is 0.256 e. The van der Waals surface area contributed by atoms with E-state index >= 15 is 0 Å². The second-order valence-corrected chi connectivity index (χ2v) is 4.54. The third-order valence-corrected chi connectivity index (χ3v) is 3.02. The van der Waals surface area contributed by atoms with Crippen LogP contribution in [0.1, 0.15) is 18.4 Å². The Balaban J connectivity index is 0.00000242. The Labute approximate surface area is 153 Å². The quantitative estimate of drug-likeness (QED) is 0.559. The number of benzene rings is 1. The topological polar surface area (TPSA) is 29.5 Å². The summed E-state index contributed by atoms with van der Waals surface area (Å²) in [6.45, 7) is 3.35. The van der Waals surface area contributed by atoms with Crippen molar-refractivity contribution in [2.45, 2.75) is 19.3 Å². The number of nitrogens with zero attached hydrogens (tertiary/aromatic N) is 1. The van der Waals surface area contributed by atoms with Crippen molar-refractivity contribution in [3.63, 3.8) is 0 Å². The Bertz CT molecular complexity index is 544. The van der Waals surface area contributed by atoms with Crippen molar-refractivity contribution in [3.8, 4) is 5.75 Å². The first-order chi connectivity index (χ1) is 10.1. The molecule has 1 aliphatic rings. The fourth-order valence-corrected chi connectivity index (χ4v) is 2.10. The van der Waals surface area contributed by atoms with Gasteiger partial charge in [-0.25, -0.2) is 14.9 Å². The third kappa shape index (κ3) is 4.99. The average molecular weight is 381 g/mol. The molecule has 0 bridgehead atoms. The van der Waals surface area contributed by atoms with Crippen LogP contribution in [0.25, 0.3) is 5.70 Å². The van der Waals surface area contributed by atoms with Gasteiger partial charge in [0.25, 0.3) is 6.43 Å². The van der Waals surface area contributed by atoms with E-state index < -0.39 is 13.0 Å². The van der Waals surface area contributed by atoms with Gasteiger partial charge in [0.1, 0.15) is 12.4 Å². The zero-order chi connectivity index (χ0) is 15.2. The molecule has 0 aliphatic carbocycles. The summed E-state index contributed by atoms with van der Waals surface area (Å²) in [7, 11) is 0. The number of rotatable bonds is 6. The zero-order valence-corrected chi connectivity index (χ0v) is 14.9. The molecule has 0 spiro atoms. The summed E-state index contributed by atoms with van der Waals surface area (Å²) in [6.07, 6.45) is 2.74. The van der Waals surface area contributed by atoms with Crippen molar-refractivity contribution in [3.05, 3.63) is 48.6 Å². The average Bonchev–Trinajstić information content (AvgIpc) is 2.47. The van der Waals surface area contributed by atoms with E-state index in [1.54, 1.807) is 30.3 Å². The molecule has 0 aromatic heterocycles. The molecule has 3 nitrogen and oxygen atoms in total. The van der Waals surface area contributed by atoms with Gasteiger partial charge < -0.3 is 9.64 Å². The number of carbonyl (C=O) groups excluding carboxylic acids is 1. The van der Waals surface area contributed by atoms with Crippen molar-refractivity contribution in [1.82, 2.24) is 4.90 Å². The van der Waals surface area contributed by atoms with Crippen molar-refractivity contribution in [2.24, 2.45) is 0 Å². The number of allylic oxidation sites excluding steroid dienone is 1. The number of ether oxygens (including phenoxy) is 1. The molecular formula is C16H16F2NO2Y-. The molecule has 0 saturated heterocycles. The van der Waals surface area contributed by atoms with E-state index in [0.717, 1.165) is 4.90 Å². The van der Waals surface area contributed by atoms with Crippen LogP contribution in [0.4, 0.5) is 8.78 Å². The van der Waals surface area contributed by atoms with Gasteiger partial charge in [0.05, 0.1) is 6.54 Å². The first kappa shape index (κ1) is 19.0. The van der Waals surface area contributed by atoms with Crippen LogP contribution in [-0.2, 0) is 37.5 Å². The molecule has 1 aliphatic heterocycles. The van der Waals surface area contributed by atoms with E-state index in [0.29, 0.717) is 30.0 Å². The van der Waals surface area contributed by atoms with Crippen molar-refractivity contribution in [1.29, 1.82) is 0 Å². The number of carbonyl (C=O) groups is 1. The minimum atomic E-state index is -2.57. The fraction of sp³-hybridized carbons (Fsp3) is 0.312. The SMILES string of the molecule is C=CCOc1ccc(C2=[C-]CCC(=O)N2CC(F)F)cc1.[Y]. The van der Waals surface area contributed by atoms with Gasteiger partial charge in [-0.3, -0.25) is 4.79 Å². The summed E-state index contributed by atoms with van der Waals surface area (Å²) in [4.78, 5) is 12.9. The van der Waals surface area contributed by atoms with Crippen molar-refractivity contribution >= 4 is 11.6 Å². The van der Waals surface area contributed by atoms with Gasteiger partial charge in [-0.05, 0) is 12.1 Å². The third-order valence-electron chi connectivity index (χ3n) is 3.02. The second kappa shape index (κ2) is 9.16. The Hall–Kier alpha value is -1.07.